The van der Waals surface area contributed by atoms with E-state index in [1.165, 1.54) is 6.33 Å². The maximum Gasteiger partial charge on any atom is 0.155 e. The van der Waals surface area contributed by atoms with Crippen LogP contribution in [0.1, 0.15) is 18.2 Å². The average molecular weight is 251 g/mol. The molecule has 1 saturated heterocycles. The molecular formula is C10H13N5O3. The van der Waals surface area contributed by atoms with Crippen molar-refractivity contribution in [3.63, 3.8) is 0 Å². The minimum atomic E-state index is -0.697. The van der Waals surface area contributed by atoms with Crippen LogP contribution in [-0.2, 0) is 4.74 Å². The van der Waals surface area contributed by atoms with Gasteiger partial charge in [0.2, 0.25) is 0 Å². The highest BCUT2D eigenvalue weighted by molar-refractivity contribution is 5.85. The molecule has 3 atom stereocenters. The first-order valence-electron chi connectivity index (χ1n) is 5.59. The summed E-state index contributed by atoms with van der Waals surface area (Å²) in [6, 6.07) is 0. The van der Waals surface area contributed by atoms with Gasteiger partial charge >= 0.3 is 0 Å². The third-order valence-electron chi connectivity index (χ3n) is 3.12. The monoisotopic (exact) mass is 251 g/mol. The Morgan fingerprint density at radius 2 is 2.28 bits per heavy atom. The quantitative estimate of drug-likeness (QED) is 0.545. The van der Waals surface area contributed by atoms with Gasteiger partial charge in [-0.3, -0.25) is 5.10 Å². The van der Waals surface area contributed by atoms with Crippen LogP contribution in [0.4, 0.5) is 5.82 Å². The van der Waals surface area contributed by atoms with Gasteiger partial charge in [0.25, 0.3) is 0 Å². The van der Waals surface area contributed by atoms with Crippen molar-refractivity contribution in [2.24, 2.45) is 0 Å². The van der Waals surface area contributed by atoms with E-state index in [1.807, 2.05) is 0 Å². The molecule has 0 spiro atoms. The Morgan fingerprint density at radius 1 is 1.44 bits per heavy atom. The van der Waals surface area contributed by atoms with Crippen molar-refractivity contribution in [2.75, 3.05) is 12.3 Å². The van der Waals surface area contributed by atoms with Crippen LogP contribution in [0.2, 0.25) is 0 Å². The zero-order chi connectivity index (χ0) is 12.7. The number of ether oxygens (including phenoxy) is 1. The summed E-state index contributed by atoms with van der Waals surface area (Å²) in [6.07, 6.45) is 0.0828. The number of fused-ring (bicyclic) bond motifs is 1. The second-order valence-corrected chi connectivity index (χ2v) is 4.24. The number of aromatic amines is 1. The SMILES string of the molecule is Nc1ncnc2c(C3CC(O)C(CO)O3)[nH]nc12. The predicted octanol–water partition coefficient (Wildman–Crippen LogP) is -0.882. The van der Waals surface area contributed by atoms with E-state index in [9.17, 15) is 5.11 Å². The Balaban J connectivity index is 1.99. The lowest BCUT2D eigenvalue weighted by Crippen LogP contribution is -2.24. The summed E-state index contributed by atoms with van der Waals surface area (Å²) in [5.41, 5.74) is 7.40. The predicted molar refractivity (Wildman–Crippen MR) is 61.4 cm³/mol. The summed E-state index contributed by atoms with van der Waals surface area (Å²) < 4.78 is 5.54. The first-order chi connectivity index (χ1) is 8.70. The van der Waals surface area contributed by atoms with Crippen LogP contribution < -0.4 is 5.73 Å². The minimum Gasteiger partial charge on any atom is -0.394 e. The van der Waals surface area contributed by atoms with Crippen LogP contribution in [-0.4, -0.2) is 49.2 Å². The van der Waals surface area contributed by atoms with Gasteiger partial charge in [-0.1, -0.05) is 0 Å². The molecule has 96 valence electrons. The highest BCUT2D eigenvalue weighted by Gasteiger charge is 2.36. The van der Waals surface area contributed by atoms with Crippen LogP contribution >= 0.6 is 0 Å². The number of H-pyrrole nitrogens is 1. The second kappa shape index (κ2) is 4.16. The molecule has 1 fully saturated rings. The maximum absolute atomic E-state index is 9.71. The van der Waals surface area contributed by atoms with E-state index in [4.69, 9.17) is 15.6 Å². The number of aliphatic hydroxyl groups is 2. The zero-order valence-corrected chi connectivity index (χ0v) is 9.45. The number of anilines is 1. The number of aliphatic hydroxyl groups excluding tert-OH is 2. The molecular weight excluding hydrogens is 238 g/mol. The van der Waals surface area contributed by atoms with Crippen LogP contribution in [0.25, 0.3) is 11.0 Å². The number of aromatic nitrogens is 4. The Kier molecular flexibility index (Phi) is 2.62. The van der Waals surface area contributed by atoms with Crippen molar-refractivity contribution in [2.45, 2.75) is 24.7 Å². The van der Waals surface area contributed by atoms with Gasteiger partial charge < -0.3 is 20.7 Å². The van der Waals surface area contributed by atoms with Gasteiger partial charge in [0.05, 0.1) is 18.4 Å². The molecule has 3 heterocycles. The van der Waals surface area contributed by atoms with Crippen molar-refractivity contribution in [3.8, 4) is 0 Å². The molecule has 8 nitrogen and oxygen atoms in total. The van der Waals surface area contributed by atoms with Crippen molar-refractivity contribution < 1.29 is 14.9 Å². The number of nitrogens with zero attached hydrogens (tertiary/aromatic N) is 3. The van der Waals surface area contributed by atoms with E-state index in [2.05, 4.69) is 20.2 Å². The molecule has 3 rings (SSSR count). The molecule has 0 radical (unpaired) electrons. The highest BCUT2D eigenvalue weighted by atomic mass is 16.5. The minimum absolute atomic E-state index is 0.221. The highest BCUT2D eigenvalue weighted by Crippen LogP contribution is 2.34. The van der Waals surface area contributed by atoms with Gasteiger partial charge in [0.15, 0.2) is 11.3 Å². The van der Waals surface area contributed by atoms with E-state index in [1.54, 1.807) is 0 Å². The van der Waals surface area contributed by atoms with Gasteiger partial charge in [0, 0.05) is 6.42 Å². The lowest BCUT2D eigenvalue weighted by Gasteiger charge is -2.10. The van der Waals surface area contributed by atoms with E-state index < -0.39 is 12.2 Å². The number of nitrogen functional groups attached to an aromatic ring is 1. The lowest BCUT2D eigenvalue weighted by molar-refractivity contribution is -0.0232. The number of nitrogens with one attached hydrogen (secondary N) is 1. The van der Waals surface area contributed by atoms with Gasteiger partial charge in [-0.25, -0.2) is 9.97 Å². The van der Waals surface area contributed by atoms with E-state index >= 15 is 0 Å². The fourth-order valence-electron chi connectivity index (χ4n) is 2.17. The van der Waals surface area contributed by atoms with Gasteiger partial charge in [-0.05, 0) is 0 Å². The first-order valence-corrected chi connectivity index (χ1v) is 5.59. The third-order valence-corrected chi connectivity index (χ3v) is 3.12. The second-order valence-electron chi connectivity index (χ2n) is 4.24. The summed E-state index contributed by atoms with van der Waals surface area (Å²) in [5.74, 6) is 0.291. The van der Waals surface area contributed by atoms with E-state index in [0.29, 0.717) is 29.0 Å². The van der Waals surface area contributed by atoms with Crippen molar-refractivity contribution >= 4 is 16.9 Å². The first kappa shape index (κ1) is 11.3. The zero-order valence-electron chi connectivity index (χ0n) is 9.45. The Hall–Kier alpha value is -1.77. The lowest BCUT2D eigenvalue weighted by atomic mass is 10.1. The molecule has 18 heavy (non-hydrogen) atoms. The van der Waals surface area contributed by atoms with E-state index in [-0.39, 0.29) is 12.7 Å². The third kappa shape index (κ3) is 1.62. The van der Waals surface area contributed by atoms with Crippen LogP contribution in [0.3, 0.4) is 0 Å². The van der Waals surface area contributed by atoms with Crippen LogP contribution in [0.15, 0.2) is 6.33 Å². The Bertz CT molecular complexity index is 572. The normalized spacial score (nSPS) is 28.0. The van der Waals surface area contributed by atoms with Crippen molar-refractivity contribution in [1.82, 2.24) is 20.2 Å². The van der Waals surface area contributed by atoms with E-state index in [0.717, 1.165) is 0 Å². The van der Waals surface area contributed by atoms with Gasteiger partial charge in [-0.15, -0.1) is 0 Å². The number of nitrogens with two attached hydrogens (primary N) is 1. The standard InChI is InChI=1S/C10H13N5O3/c11-10-9-8(12-3-13-10)7(14-15-9)5-1-4(17)6(2-16)18-5/h3-6,16-17H,1-2H2,(H,14,15)(H2,11,12,13). The molecule has 1 aliphatic rings. The molecule has 0 bridgehead atoms. The maximum atomic E-state index is 9.71. The van der Waals surface area contributed by atoms with Crippen LogP contribution in [0, 0.1) is 0 Å². The number of rotatable bonds is 2. The van der Waals surface area contributed by atoms with Gasteiger partial charge in [-0.2, -0.15) is 5.10 Å². The molecule has 5 N–H and O–H groups in total. The van der Waals surface area contributed by atoms with Crippen LogP contribution in [0.5, 0.6) is 0 Å². The summed E-state index contributed by atoms with van der Waals surface area (Å²) in [6.45, 7) is -0.221. The Morgan fingerprint density at radius 3 is 3.00 bits per heavy atom. The molecule has 2 aromatic heterocycles. The van der Waals surface area contributed by atoms with Gasteiger partial charge in [0.1, 0.15) is 24.1 Å². The molecule has 2 aromatic rings. The molecule has 0 aliphatic carbocycles. The summed E-state index contributed by atoms with van der Waals surface area (Å²) in [5, 5.41) is 25.6. The van der Waals surface area contributed by atoms with Crippen molar-refractivity contribution in [1.29, 1.82) is 0 Å². The summed E-state index contributed by atoms with van der Waals surface area (Å²) in [4.78, 5) is 7.96. The number of hydrogen-bond acceptors (Lipinski definition) is 7. The largest absolute Gasteiger partial charge is 0.394 e. The Labute approximate surface area is 102 Å². The molecule has 3 unspecified atom stereocenters. The summed E-state index contributed by atoms with van der Waals surface area (Å²) in [7, 11) is 0. The summed E-state index contributed by atoms with van der Waals surface area (Å²) >= 11 is 0. The molecule has 1 aliphatic heterocycles. The van der Waals surface area contributed by atoms with Crippen molar-refractivity contribution in [3.05, 3.63) is 12.0 Å². The molecule has 0 amide bonds. The molecule has 8 heteroatoms. The fourth-order valence-corrected chi connectivity index (χ4v) is 2.17. The molecule has 0 saturated carbocycles. The topological polar surface area (TPSA) is 130 Å². The fraction of sp³-hybridized carbons (Fsp3) is 0.500. The number of hydrogen-bond donors (Lipinski definition) is 4. The molecule has 0 aromatic carbocycles. The average Bonchev–Trinajstić information content (AvgIpc) is 2.93. The smallest absolute Gasteiger partial charge is 0.155 e.